The van der Waals surface area contributed by atoms with Crippen LogP contribution in [-0.4, -0.2) is 0 Å². The van der Waals surface area contributed by atoms with E-state index in [0.717, 1.165) is 11.1 Å². The first kappa shape index (κ1) is 14.0. The topological polar surface area (TPSA) is 13.1 Å². The van der Waals surface area contributed by atoms with Crippen molar-refractivity contribution in [3.8, 4) is 33.4 Å². The van der Waals surface area contributed by atoms with Gasteiger partial charge >= 0.3 is 0 Å². The van der Waals surface area contributed by atoms with Crippen molar-refractivity contribution in [2.75, 3.05) is 0 Å². The highest BCUT2D eigenvalue weighted by Crippen LogP contribution is 2.47. The Labute approximate surface area is 268 Å². The summed E-state index contributed by atoms with van der Waals surface area (Å²) in [4.78, 5) is 0. The van der Waals surface area contributed by atoms with Crippen molar-refractivity contribution >= 4 is 54.3 Å². The predicted molar refractivity (Wildman–Crippen MR) is 183 cm³/mol. The Balaban J connectivity index is 1.56. The number of benzene rings is 8. The summed E-state index contributed by atoms with van der Waals surface area (Å²) in [5.74, 6) is 0. The maximum absolute atomic E-state index is 9.40. The maximum Gasteiger partial charge on any atom is 0.136 e. The molecule has 9 rings (SSSR count). The van der Waals surface area contributed by atoms with Gasteiger partial charge in [-0.1, -0.05) is 133 Å². The number of furan rings is 1. The Hall–Kier alpha value is -5.66. The van der Waals surface area contributed by atoms with Gasteiger partial charge in [0.15, 0.2) is 0 Å². The minimum absolute atomic E-state index is 0.0708. The Kier molecular flexibility index (Phi) is 3.07. The highest BCUT2D eigenvalue weighted by atomic mass is 16.3. The van der Waals surface area contributed by atoms with Crippen LogP contribution in [0.1, 0.15) is 19.2 Å². The van der Waals surface area contributed by atoms with Gasteiger partial charge in [0.2, 0.25) is 0 Å². The van der Waals surface area contributed by atoms with Crippen LogP contribution >= 0.6 is 0 Å². The molecule has 0 spiro atoms. The van der Waals surface area contributed by atoms with Crippen molar-refractivity contribution in [1.82, 2.24) is 0 Å². The molecule has 0 aliphatic carbocycles. The van der Waals surface area contributed by atoms with Crippen LogP contribution in [0.4, 0.5) is 0 Å². The SMILES string of the molecule is [2H]c1c([2H])c([2H])c2c([2H])c([2H])c(-c3c4c([2H])c([2H])c([2H])c([2H])c4c(-c4cccc5oc6ccc(-c7ccccc7)cc6c45)c4c([2H])c([2H])c([2H])c([2H])c34)cc2c1[2H]. The van der Waals surface area contributed by atoms with Gasteiger partial charge < -0.3 is 4.42 Å². The molecule has 1 heteroatoms. The molecule has 0 saturated heterocycles. The van der Waals surface area contributed by atoms with E-state index >= 15 is 0 Å². The van der Waals surface area contributed by atoms with Gasteiger partial charge in [0.05, 0.1) is 19.2 Å². The third-order valence-electron chi connectivity index (χ3n) is 7.84. The normalized spacial score (nSPS) is 16.3. The van der Waals surface area contributed by atoms with Crippen LogP contribution in [-0.2, 0) is 0 Å². The zero-order chi connectivity index (χ0) is 40.5. The molecule has 0 amide bonds. The van der Waals surface area contributed by atoms with Gasteiger partial charge in [-0.15, -0.1) is 0 Å². The zero-order valence-electron chi connectivity index (χ0n) is 36.3. The molecule has 0 fully saturated rings. The van der Waals surface area contributed by atoms with Crippen molar-refractivity contribution in [1.29, 1.82) is 0 Å². The Morgan fingerprint density at radius 2 is 1.09 bits per heavy atom. The Bertz CT molecular complexity index is 3200. The summed E-state index contributed by atoms with van der Waals surface area (Å²) >= 11 is 0. The zero-order valence-corrected chi connectivity index (χ0v) is 22.3. The first-order chi connectivity index (χ1) is 27.1. The quantitative estimate of drug-likeness (QED) is 0.196. The molecule has 1 nitrogen and oxygen atoms in total. The molecule has 43 heavy (non-hydrogen) atoms. The van der Waals surface area contributed by atoms with E-state index in [9.17, 15) is 6.85 Å². The van der Waals surface area contributed by atoms with E-state index in [1.807, 2.05) is 48.5 Å². The van der Waals surface area contributed by atoms with E-state index in [0.29, 0.717) is 27.5 Å². The van der Waals surface area contributed by atoms with Crippen LogP contribution in [0.2, 0.25) is 0 Å². The van der Waals surface area contributed by atoms with Crippen LogP contribution in [0.5, 0.6) is 0 Å². The van der Waals surface area contributed by atoms with Crippen molar-refractivity contribution in [2.24, 2.45) is 0 Å². The molecule has 0 N–H and O–H groups in total. The number of hydrogen-bond donors (Lipinski definition) is 0. The average Bonchev–Trinajstić information content (AvgIpc) is 3.60. The van der Waals surface area contributed by atoms with Crippen LogP contribution < -0.4 is 0 Å². The smallest absolute Gasteiger partial charge is 0.136 e. The highest BCUT2D eigenvalue weighted by Gasteiger charge is 2.20. The van der Waals surface area contributed by atoms with Gasteiger partial charge in [-0.2, -0.15) is 0 Å². The number of rotatable bonds is 3. The van der Waals surface area contributed by atoms with Gasteiger partial charge in [-0.3, -0.25) is 0 Å². The van der Waals surface area contributed by atoms with E-state index in [-0.39, 0.29) is 49.0 Å². The molecule has 1 heterocycles. The van der Waals surface area contributed by atoms with Crippen LogP contribution in [0.25, 0.3) is 87.6 Å². The molecule has 0 radical (unpaired) electrons. The number of fused-ring (bicyclic) bond motifs is 6. The second kappa shape index (κ2) is 9.44. The summed E-state index contributed by atoms with van der Waals surface area (Å²) in [6.45, 7) is 0. The molecular formula is C42H26O. The standard InChI is InChI=1S/C42H26O/c1-2-11-27(12-3-1)30-23-24-38-37(26-30)42-36(19-10-20-39(42)43-38)41-34-17-8-6-15-32(34)40(33-16-7-9-18-35(33)41)31-22-21-28-13-4-5-14-29(28)25-31/h1-26H/i4D,5D,6D,7D,8D,9D,13D,14D,15D,16D,17D,18D,21D,22D. The third-order valence-corrected chi connectivity index (χ3v) is 7.84. The third kappa shape index (κ3) is 3.72. The van der Waals surface area contributed by atoms with Crippen LogP contribution in [0, 0.1) is 0 Å². The van der Waals surface area contributed by atoms with Crippen LogP contribution in [0.3, 0.4) is 0 Å². The summed E-state index contributed by atoms with van der Waals surface area (Å²) in [7, 11) is 0. The minimum Gasteiger partial charge on any atom is -0.456 e. The minimum atomic E-state index is -0.653. The van der Waals surface area contributed by atoms with E-state index in [1.54, 1.807) is 18.2 Å². The fraction of sp³-hybridized carbons (Fsp3) is 0. The molecule has 8 aromatic carbocycles. The van der Waals surface area contributed by atoms with Crippen LogP contribution in [0.15, 0.2) is 162 Å². The molecule has 200 valence electrons. The Morgan fingerprint density at radius 3 is 1.84 bits per heavy atom. The lowest BCUT2D eigenvalue weighted by atomic mass is 9.84. The number of hydrogen-bond acceptors (Lipinski definition) is 1. The maximum atomic E-state index is 9.40. The second-order valence-electron chi connectivity index (χ2n) is 10.2. The van der Waals surface area contributed by atoms with Gasteiger partial charge in [0.25, 0.3) is 0 Å². The first-order valence-corrected chi connectivity index (χ1v) is 13.6. The lowest BCUT2D eigenvalue weighted by molar-refractivity contribution is 0.669. The lowest BCUT2D eigenvalue weighted by Gasteiger charge is -2.18. The fourth-order valence-corrected chi connectivity index (χ4v) is 5.98. The summed E-state index contributed by atoms with van der Waals surface area (Å²) in [6, 6.07) is 13.5. The average molecular weight is 561 g/mol. The van der Waals surface area contributed by atoms with E-state index in [1.165, 1.54) is 6.07 Å². The Morgan fingerprint density at radius 1 is 0.419 bits per heavy atom. The molecule has 1 aromatic heterocycles. The van der Waals surface area contributed by atoms with Crippen molar-refractivity contribution in [2.45, 2.75) is 0 Å². The van der Waals surface area contributed by atoms with Gasteiger partial charge in [0.1, 0.15) is 11.2 Å². The molecule has 0 unspecified atom stereocenters. The van der Waals surface area contributed by atoms with E-state index < -0.39 is 84.6 Å². The van der Waals surface area contributed by atoms with E-state index in [4.69, 9.17) is 16.8 Å². The molecule has 0 aliphatic heterocycles. The molecule has 0 saturated carbocycles. The van der Waals surface area contributed by atoms with Crippen molar-refractivity contribution in [3.63, 3.8) is 0 Å². The summed E-state index contributed by atoms with van der Waals surface area (Å²) in [5, 5.41) is 0.158. The molecule has 0 atom stereocenters. The summed E-state index contributed by atoms with van der Waals surface area (Å²) in [5.41, 5.74) is 2.71. The lowest BCUT2D eigenvalue weighted by Crippen LogP contribution is -1.91. The molecule has 0 aliphatic rings. The first-order valence-electron chi connectivity index (χ1n) is 20.6. The largest absolute Gasteiger partial charge is 0.456 e. The monoisotopic (exact) mass is 560 g/mol. The van der Waals surface area contributed by atoms with Crippen molar-refractivity contribution < 1.29 is 23.6 Å². The summed E-state index contributed by atoms with van der Waals surface area (Å²) in [6.07, 6.45) is 0. The van der Waals surface area contributed by atoms with Gasteiger partial charge in [-0.05, 0) is 90.0 Å². The van der Waals surface area contributed by atoms with Crippen molar-refractivity contribution in [3.05, 3.63) is 157 Å². The van der Waals surface area contributed by atoms with Gasteiger partial charge in [-0.25, -0.2) is 0 Å². The fourth-order valence-electron chi connectivity index (χ4n) is 5.98. The van der Waals surface area contributed by atoms with E-state index in [2.05, 4.69) is 0 Å². The van der Waals surface area contributed by atoms with Gasteiger partial charge in [0, 0.05) is 10.8 Å². The summed E-state index contributed by atoms with van der Waals surface area (Å²) < 4.78 is 131. The highest BCUT2D eigenvalue weighted by molar-refractivity contribution is 6.26. The molecule has 0 bridgehead atoms. The second-order valence-corrected chi connectivity index (χ2v) is 10.2. The molecular weight excluding hydrogens is 520 g/mol. The predicted octanol–water partition coefficient (Wildman–Crippen LogP) is 12.0. The molecule has 9 aromatic rings.